The van der Waals surface area contributed by atoms with E-state index in [-0.39, 0.29) is 23.6 Å². The second-order valence-corrected chi connectivity index (χ2v) is 10.2. The first-order valence-corrected chi connectivity index (χ1v) is 12.9. The number of hydrogen-bond donors (Lipinski definition) is 0. The summed E-state index contributed by atoms with van der Waals surface area (Å²) in [7, 11) is 0. The van der Waals surface area contributed by atoms with E-state index in [1.807, 2.05) is 72.8 Å². The Morgan fingerprint density at radius 3 is 2.25 bits per heavy atom. The van der Waals surface area contributed by atoms with E-state index in [0.717, 1.165) is 60.1 Å². The summed E-state index contributed by atoms with van der Waals surface area (Å²) in [6, 6.07) is 25.0. The molecule has 3 aromatic carbocycles. The number of anilines is 1. The molecule has 0 radical (unpaired) electrons. The van der Waals surface area contributed by atoms with Crippen LogP contribution < -0.4 is 4.90 Å². The van der Waals surface area contributed by atoms with E-state index in [9.17, 15) is 9.59 Å². The highest BCUT2D eigenvalue weighted by molar-refractivity contribution is 6.31. The minimum absolute atomic E-state index is 0.0317. The van der Waals surface area contributed by atoms with Crippen molar-refractivity contribution in [2.75, 3.05) is 4.90 Å². The number of piperazine rings is 1. The zero-order valence-corrected chi connectivity index (χ0v) is 20.7. The van der Waals surface area contributed by atoms with E-state index in [1.165, 1.54) is 0 Å². The molecule has 0 spiro atoms. The molecule has 0 bridgehead atoms. The average molecular weight is 495 g/mol. The van der Waals surface area contributed by atoms with Gasteiger partial charge in [-0.25, -0.2) is 0 Å². The molecular weight excluding hydrogens is 468 g/mol. The maximum absolute atomic E-state index is 14.9. The lowest BCUT2D eigenvalue weighted by atomic mass is 9.76. The topological polar surface area (TPSA) is 40.6 Å². The van der Waals surface area contributed by atoms with Gasteiger partial charge >= 0.3 is 0 Å². The van der Waals surface area contributed by atoms with Crippen LogP contribution in [0.1, 0.15) is 48.8 Å². The maximum atomic E-state index is 14.9. The molecule has 2 aliphatic heterocycles. The monoisotopic (exact) mass is 494 g/mol. The number of hydrogen-bond acceptors (Lipinski definition) is 2. The van der Waals surface area contributed by atoms with Gasteiger partial charge in [-0.15, -0.1) is 0 Å². The molecule has 0 aromatic heterocycles. The van der Waals surface area contributed by atoms with Crippen LogP contribution in [-0.4, -0.2) is 22.8 Å². The molecule has 1 saturated heterocycles. The van der Waals surface area contributed by atoms with Gasteiger partial charge in [0.05, 0.1) is 5.69 Å². The van der Waals surface area contributed by atoms with Crippen LogP contribution in [0, 0.1) is 0 Å². The molecule has 1 aliphatic carbocycles. The molecule has 5 heteroatoms. The van der Waals surface area contributed by atoms with E-state index in [4.69, 9.17) is 11.6 Å². The second-order valence-electron chi connectivity index (χ2n) is 9.76. The fourth-order valence-corrected chi connectivity index (χ4v) is 6.24. The SMILES string of the molecule is C=C1C(=O)N2c3ccccc3/C(=C/c3ccccc3)[C@@]2(c2ccc(Cl)cc2)C(=O)N1C1CCCCC1. The van der Waals surface area contributed by atoms with Gasteiger partial charge in [0.2, 0.25) is 0 Å². The Hall–Kier alpha value is -3.63. The molecule has 3 aliphatic rings. The van der Waals surface area contributed by atoms with Crippen molar-refractivity contribution in [2.24, 2.45) is 0 Å². The first kappa shape index (κ1) is 22.8. The van der Waals surface area contributed by atoms with Gasteiger partial charge in [-0.1, -0.05) is 98.1 Å². The van der Waals surface area contributed by atoms with Crippen molar-refractivity contribution in [1.29, 1.82) is 0 Å². The minimum atomic E-state index is -1.35. The molecule has 1 saturated carbocycles. The predicted molar refractivity (Wildman–Crippen MR) is 144 cm³/mol. The smallest absolute Gasteiger partial charge is 0.275 e. The molecule has 36 heavy (non-hydrogen) atoms. The fourth-order valence-electron chi connectivity index (χ4n) is 6.12. The number of rotatable bonds is 3. The number of fused-ring (bicyclic) bond motifs is 3. The molecule has 6 rings (SSSR count). The summed E-state index contributed by atoms with van der Waals surface area (Å²) >= 11 is 6.28. The molecule has 4 nitrogen and oxygen atoms in total. The van der Waals surface area contributed by atoms with Crippen molar-refractivity contribution in [3.8, 4) is 0 Å². The molecule has 2 heterocycles. The second kappa shape index (κ2) is 8.79. The highest BCUT2D eigenvalue weighted by Gasteiger charge is 2.63. The maximum Gasteiger partial charge on any atom is 0.275 e. The van der Waals surface area contributed by atoms with Crippen molar-refractivity contribution in [1.82, 2.24) is 4.90 Å². The summed E-state index contributed by atoms with van der Waals surface area (Å²) in [5, 5.41) is 0.578. The van der Waals surface area contributed by atoms with Crippen LogP contribution in [0.3, 0.4) is 0 Å². The third kappa shape index (κ3) is 3.28. The van der Waals surface area contributed by atoms with Crippen LogP contribution in [0.25, 0.3) is 11.6 Å². The molecular formula is C31H27ClN2O2. The number of amides is 2. The molecule has 3 aromatic rings. The zero-order valence-electron chi connectivity index (χ0n) is 20.0. The first-order chi connectivity index (χ1) is 17.5. The zero-order chi connectivity index (χ0) is 24.9. The van der Waals surface area contributed by atoms with Gasteiger partial charge in [0, 0.05) is 22.2 Å². The Kier molecular flexibility index (Phi) is 5.57. The molecule has 2 amide bonds. The highest BCUT2D eigenvalue weighted by atomic mass is 35.5. The summed E-state index contributed by atoms with van der Waals surface area (Å²) in [6.45, 7) is 4.16. The summed E-state index contributed by atoms with van der Waals surface area (Å²) in [4.78, 5) is 32.5. The van der Waals surface area contributed by atoms with Crippen LogP contribution >= 0.6 is 11.6 Å². The Balaban J connectivity index is 1.67. The Morgan fingerprint density at radius 1 is 0.861 bits per heavy atom. The minimum Gasteiger partial charge on any atom is -0.302 e. The standard InChI is InChI=1S/C31H27ClN2O2/c1-21-29(35)34-28-15-9-8-14-26(28)27(20-22-10-4-2-5-11-22)31(34,23-16-18-24(32)19-17-23)30(36)33(21)25-12-6-3-7-13-25/h2,4-5,8-11,14-20,25H,1,3,6-7,12-13H2/b27-20-/t31-/m0/s1. The van der Waals surface area contributed by atoms with Gasteiger partial charge in [-0.3, -0.25) is 14.5 Å². The van der Waals surface area contributed by atoms with Gasteiger partial charge in [0.1, 0.15) is 5.70 Å². The first-order valence-electron chi connectivity index (χ1n) is 12.5. The van der Waals surface area contributed by atoms with E-state index in [2.05, 4.69) is 6.58 Å². The fraction of sp³-hybridized carbons (Fsp3) is 0.226. The van der Waals surface area contributed by atoms with Crippen molar-refractivity contribution >= 4 is 40.8 Å². The summed E-state index contributed by atoms with van der Waals surface area (Å²) < 4.78 is 0. The summed E-state index contributed by atoms with van der Waals surface area (Å²) in [5.74, 6) is -0.362. The largest absolute Gasteiger partial charge is 0.302 e. The average Bonchev–Trinajstić information content (AvgIpc) is 3.20. The molecule has 0 unspecified atom stereocenters. The molecule has 0 N–H and O–H groups in total. The Morgan fingerprint density at radius 2 is 1.53 bits per heavy atom. The van der Waals surface area contributed by atoms with E-state index < -0.39 is 5.54 Å². The highest BCUT2D eigenvalue weighted by Crippen LogP contribution is 2.57. The number of carbonyl (C=O) groups excluding carboxylic acids is 2. The number of carbonyl (C=O) groups is 2. The Bertz CT molecular complexity index is 1390. The van der Waals surface area contributed by atoms with Crippen molar-refractivity contribution in [2.45, 2.75) is 43.7 Å². The van der Waals surface area contributed by atoms with Gasteiger partial charge in [-0.05, 0) is 48.2 Å². The van der Waals surface area contributed by atoms with Gasteiger partial charge < -0.3 is 4.90 Å². The summed E-state index contributed by atoms with van der Waals surface area (Å²) in [6.07, 6.45) is 7.03. The number of nitrogens with zero attached hydrogens (tertiary/aromatic N) is 2. The van der Waals surface area contributed by atoms with Crippen LogP contribution in [0.5, 0.6) is 0 Å². The number of halogens is 1. The lowest BCUT2D eigenvalue weighted by molar-refractivity contribution is -0.143. The van der Waals surface area contributed by atoms with Crippen molar-refractivity contribution in [3.63, 3.8) is 0 Å². The lowest BCUT2D eigenvalue weighted by Gasteiger charge is -2.49. The summed E-state index contributed by atoms with van der Waals surface area (Å²) in [5.41, 5.74) is 2.97. The van der Waals surface area contributed by atoms with Crippen molar-refractivity contribution in [3.05, 3.63) is 113 Å². The normalized spacial score (nSPS) is 23.2. The third-order valence-corrected chi connectivity index (χ3v) is 7.99. The predicted octanol–water partition coefficient (Wildman–Crippen LogP) is 6.81. The van der Waals surface area contributed by atoms with Crippen LogP contribution in [-0.2, 0) is 15.1 Å². The third-order valence-electron chi connectivity index (χ3n) is 7.74. The van der Waals surface area contributed by atoms with Crippen LogP contribution in [0.4, 0.5) is 5.69 Å². The molecule has 180 valence electrons. The van der Waals surface area contributed by atoms with Crippen molar-refractivity contribution < 1.29 is 9.59 Å². The Labute approximate surface area is 216 Å². The quantitative estimate of drug-likeness (QED) is 0.375. The lowest BCUT2D eigenvalue weighted by Crippen LogP contribution is -2.65. The van der Waals surface area contributed by atoms with Crippen LogP contribution in [0.15, 0.2) is 91.1 Å². The van der Waals surface area contributed by atoms with E-state index >= 15 is 0 Å². The van der Waals surface area contributed by atoms with E-state index in [1.54, 1.807) is 21.9 Å². The number of para-hydroxylation sites is 1. The molecule has 1 atom stereocenters. The molecule has 2 fully saturated rings. The van der Waals surface area contributed by atoms with Gasteiger partial charge in [0.15, 0.2) is 5.54 Å². The van der Waals surface area contributed by atoms with Crippen LogP contribution in [0.2, 0.25) is 5.02 Å². The van der Waals surface area contributed by atoms with Gasteiger partial charge in [0.25, 0.3) is 11.8 Å². The van der Waals surface area contributed by atoms with E-state index in [0.29, 0.717) is 5.02 Å². The number of benzene rings is 3. The van der Waals surface area contributed by atoms with Gasteiger partial charge in [-0.2, -0.15) is 0 Å².